The highest BCUT2D eigenvalue weighted by atomic mass is 32.2. The Morgan fingerprint density at radius 3 is 2.63 bits per heavy atom. The Hall–Kier alpha value is -2.35. The van der Waals surface area contributed by atoms with Gasteiger partial charge in [-0.3, -0.25) is 4.79 Å². The van der Waals surface area contributed by atoms with Gasteiger partial charge in [0.15, 0.2) is 0 Å². The minimum Gasteiger partial charge on any atom is -0.316 e. The molecule has 2 aromatic rings. The Kier molecular flexibility index (Phi) is 6.55. The van der Waals surface area contributed by atoms with Crippen molar-refractivity contribution in [2.24, 2.45) is 11.3 Å². The second-order valence-corrected chi connectivity index (χ2v) is 10.9. The average molecular weight is 439 g/mol. The Morgan fingerprint density at radius 2 is 2.00 bits per heavy atom. The number of thioether (sulfide) groups is 1. The van der Waals surface area contributed by atoms with E-state index in [-0.39, 0.29) is 17.1 Å². The van der Waals surface area contributed by atoms with Gasteiger partial charge in [0.25, 0.3) is 0 Å². The van der Waals surface area contributed by atoms with Crippen molar-refractivity contribution in [3.05, 3.63) is 38.9 Å². The fraction of sp³-hybridized carbons (Fsp3) is 0.478. The van der Waals surface area contributed by atoms with Crippen molar-refractivity contribution in [3.8, 4) is 12.1 Å². The number of carbonyl (C=O) groups is 1. The van der Waals surface area contributed by atoms with Gasteiger partial charge in [-0.1, -0.05) is 32.5 Å². The molecule has 5 nitrogen and oxygen atoms in total. The number of nitriles is 2. The third-order valence-electron chi connectivity index (χ3n) is 5.62. The number of amides is 1. The Morgan fingerprint density at radius 1 is 1.30 bits per heavy atom. The van der Waals surface area contributed by atoms with E-state index in [2.05, 4.69) is 43.2 Å². The van der Waals surface area contributed by atoms with Crippen molar-refractivity contribution in [3.63, 3.8) is 0 Å². The smallest absolute Gasteiger partial charge is 0.235 e. The van der Waals surface area contributed by atoms with Gasteiger partial charge in [-0.2, -0.15) is 10.5 Å². The topological polar surface area (TPSA) is 89.6 Å². The first-order valence-electron chi connectivity index (χ1n) is 9.99. The third kappa shape index (κ3) is 4.69. The van der Waals surface area contributed by atoms with Crippen molar-refractivity contribution in [2.45, 2.75) is 58.9 Å². The zero-order chi connectivity index (χ0) is 22.1. The molecule has 0 radical (unpaired) electrons. The zero-order valence-corrected chi connectivity index (χ0v) is 19.7. The summed E-state index contributed by atoms with van der Waals surface area (Å²) in [4.78, 5) is 18.3. The van der Waals surface area contributed by atoms with Gasteiger partial charge in [0, 0.05) is 10.6 Å². The molecule has 1 atom stereocenters. The number of aromatic nitrogens is 1. The first-order valence-corrected chi connectivity index (χ1v) is 11.8. The van der Waals surface area contributed by atoms with Crippen LogP contribution < -0.4 is 5.32 Å². The first kappa shape index (κ1) is 22.3. The van der Waals surface area contributed by atoms with Gasteiger partial charge in [0.2, 0.25) is 5.91 Å². The predicted octanol–water partition coefficient (Wildman–Crippen LogP) is 5.39. The highest BCUT2D eigenvalue weighted by Crippen LogP contribution is 2.44. The standard InChI is InChI=1S/C23H26N4OS2/c1-13-8-14(2)26-21(17(13)10-24)29-12-20(28)27-22-18(11-25)16-7-6-15(23(3,4)5)9-19(16)30-22/h8,15H,6-7,9,12H2,1-5H3,(H,27,28)/t15-/m1/s1. The van der Waals surface area contributed by atoms with Gasteiger partial charge in [-0.15, -0.1) is 11.3 Å². The number of carbonyl (C=O) groups excluding carboxylic acids is 1. The van der Waals surface area contributed by atoms with Gasteiger partial charge in [0.1, 0.15) is 22.2 Å². The fourth-order valence-corrected chi connectivity index (χ4v) is 6.06. The highest BCUT2D eigenvalue weighted by Gasteiger charge is 2.32. The maximum Gasteiger partial charge on any atom is 0.235 e. The Bertz CT molecular complexity index is 1070. The number of hydrogen-bond donors (Lipinski definition) is 1. The van der Waals surface area contributed by atoms with Crippen LogP contribution in [0.5, 0.6) is 0 Å². The van der Waals surface area contributed by atoms with E-state index in [0.29, 0.717) is 27.1 Å². The van der Waals surface area contributed by atoms with E-state index < -0.39 is 0 Å². The number of rotatable bonds is 4. The zero-order valence-electron chi connectivity index (χ0n) is 18.0. The number of anilines is 1. The number of aryl methyl sites for hydroxylation is 2. The molecule has 0 saturated heterocycles. The summed E-state index contributed by atoms with van der Waals surface area (Å²) < 4.78 is 0. The summed E-state index contributed by atoms with van der Waals surface area (Å²) >= 11 is 2.79. The van der Waals surface area contributed by atoms with E-state index in [1.165, 1.54) is 28.0 Å². The van der Waals surface area contributed by atoms with Crippen LogP contribution in [0.25, 0.3) is 0 Å². The Balaban J connectivity index is 1.74. The third-order valence-corrected chi connectivity index (χ3v) is 7.76. The predicted molar refractivity (Wildman–Crippen MR) is 122 cm³/mol. The summed E-state index contributed by atoms with van der Waals surface area (Å²) in [7, 11) is 0. The van der Waals surface area contributed by atoms with E-state index in [0.717, 1.165) is 36.1 Å². The highest BCUT2D eigenvalue weighted by molar-refractivity contribution is 8.00. The van der Waals surface area contributed by atoms with Gasteiger partial charge >= 0.3 is 0 Å². The lowest BCUT2D eigenvalue weighted by atomic mass is 9.72. The summed E-state index contributed by atoms with van der Waals surface area (Å²) in [6, 6.07) is 6.34. The maximum absolute atomic E-state index is 12.6. The van der Waals surface area contributed by atoms with Crippen LogP contribution in [0, 0.1) is 47.8 Å². The van der Waals surface area contributed by atoms with Crippen molar-refractivity contribution >= 4 is 34.0 Å². The largest absolute Gasteiger partial charge is 0.316 e. The molecule has 0 spiro atoms. The molecule has 2 aromatic heterocycles. The molecule has 0 bridgehead atoms. The molecule has 7 heteroatoms. The number of nitrogens with one attached hydrogen (secondary N) is 1. The molecule has 0 aromatic carbocycles. The quantitative estimate of drug-likeness (QED) is 0.647. The SMILES string of the molecule is Cc1cc(C)c(C#N)c(SCC(=O)Nc2sc3c(c2C#N)CC[C@@H](C(C)(C)C)C3)n1. The molecule has 156 valence electrons. The lowest BCUT2D eigenvalue weighted by molar-refractivity contribution is -0.113. The molecule has 3 rings (SSSR count). The van der Waals surface area contributed by atoms with Crippen LogP contribution in [0.15, 0.2) is 11.1 Å². The van der Waals surface area contributed by atoms with Crippen LogP contribution in [0.4, 0.5) is 5.00 Å². The molecular weight excluding hydrogens is 412 g/mol. The number of fused-ring (bicyclic) bond motifs is 1. The van der Waals surface area contributed by atoms with Crippen molar-refractivity contribution < 1.29 is 4.79 Å². The first-order chi connectivity index (χ1) is 14.1. The fourth-order valence-electron chi connectivity index (χ4n) is 3.87. The lowest BCUT2D eigenvalue weighted by Gasteiger charge is -2.33. The normalized spacial score (nSPS) is 15.8. The monoisotopic (exact) mass is 438 g/mol. The van der Waals surface area contributed by atoms with Crippen molar-refractivity contribution in [2.75, 3.05) is 11.1 Å². The molecular formula is C23H26N4OS2. The van der Waals surface area contributed by atoms with Gasteiger partial charge in [-0.25, -0.2) is 4.98 Å². The molecule has 0 unspecified atom stereocenters. The summed E-state index contributed by atoms with van der Waals surface area (Å²) in [5.41, 5.74) is 4.14. The number of pyridine rings is 1. The lowest BCUT2D eigenvalue weighted by Crippen LogP contribution is -2.26. The second kappa shape index (κ2) is 8.79. The van der Waals surface area contributed by atoms with Gasteiger partial charge in [0.05, 0.1) is 16.9 Å². The summed E-state index contributed by atoms with van der Waals surface area (Å²) in [6.45, 7) is 10.5. The molecule has 1 aliphatic rings. The van der Waals surface area contributed by atoms with Gasteiger partial charge in [-0.05, 0) is 61.6 Å². The van der Waals surface area contributed by atoms with Crippen LogP contribution in [0.1, 0.15) is 60.0 Å². The van der Waals surface area contributed by atoms with E-state index in [4.69, 9.17) is 0 Å². The van der Waals surface area contributed by atoms with Crippen molar-refractivity contribution in [1.82, 2.24) is 4.98 Å². The molecule has 0 aliphatic heterocycles. The number of nitrogens with zero attached hydrogens (tertiary/aromatic N) is 3. The number of hydrogen-bond acceptors (Lipinski definition) is 6. The minimum absolute atomic E-state index is 0.141. The van der Waals surface area contributed by atoms with Crippen LogP contribution in [0.2, 0.25) is 0 Å². The van der Waals surface area contributed by atoms with Crippen LogP contribution in [-0.4, -0.2) is 16.6 Å². The van der Waals surface area contributed by atoms with Crippen LogP contribution in [-0.2, 0) is 17.6 Å². The van der Waals surface area contributed by atoms with Crippen molar-refractivity contribution in [1.29, 1.82) is 10.5 Å². The molecule has 2 heterocycles. The van der Waals surface area contributed by atoms with E-state index in [1.807, 2.05) is 19.9 Å². The molecule has 0 fully saturated rings. The number of thiophene rings is 1. The Labute approximate surface area is 186 Å². The molecule has 1 amide bonds. The maximum atomic E-state index is 12.6. The molecule has 1 N–H and O–H groups in total. The van der Waals surface area contributed by atoms with Gasteiger partial charge < -0.3 is 5.32 Å². The van der Waals surface area contributed by atoms with E-state index in [9.17, 15) is 15.3 Å². The molecule has 1 aliphatic carbocycles. The van der Waals surface area contributed by atoms with E-state index >= 15 is 0 Å². The molecule has 30 heavy (non-hydrogen) atoms. The minimum atomic E-state index is -0.188. The van der Waals surface area contributed by atoms with Crippen LogP contribution in [0.3, 0.4) is 0 Å². The second-order valence-electron chi connectivity index (χ2n) is 8.83. The molecule has 0 saturated carbocycles. The summed E-state index contributed by atoms with van der Waals surface area (Å²) in [5, 5.41) is 23.2. The summed E-state index contributed by atoms with van der Waals surface area (Å²) in [6.07, 6.45) is 2.92. The summed E-state index contributed by atoms with van der Waals surface area (Å²) in [5.74, 6) is 0.532. The van der Waals surface area contributed by atoms with E-state index in [1.54, 1.807) is 0 Å². The van der Waals surface area contributed by atoms with Crippen LogP contribution >= 0.6 is 23.1 Å². The average Bonchev–Trinajstić information content (AvgIpc) is 3.01.